The number of rotatable bonds is 3. The third-order valence-electron chi connectivity index (χ3n) is 2.90. The molecule has 0 aliphatic heterocycles. The van der Waals surface area contributed by atoms with Gasteiger partial charge in [-0.15, -0.1) is 0 Å². The molecule has 1 fully saturated rings. The van der Waals surface area contributed by atoms with Crippen LogP contribution in [0.15, 0.2) is 4.47 Å². The van der Waals surface area contributed by atoms with Crippen molar-refractivity contribution in [3.05, 3.63) is 21.1 Å². The zero-order valence-electron chi connectivity index (χ0n) is 9.17. The van der Waals surface area contributed by atoms with Gasteiger partial charge in [0.15, 0.2) is 5.82 Å². The molecule has 1 aromatic rings. The monoisotopic (exact) mass is 304 g/mol. The molecule has 2 rings (SSSR count). The maximum Gasteiger partial charge on any atom is 0.156 e. The first-order valence-electron chi connectivity index (χ1n) is 5.43. The highest BCUT2D eigenvalue weighted by Crippen LogP contribution is 2.38. The standard InChI is InChI=1S/C11H14BrClN2O/c1-16-6-8-14-10(7-4-2-3-5-7)9(12)11(13)15-8/h7H,2-6H2,1H3. The summed E-state index contributed by atoms with van der Waals surface area (Å²) in [6.07, 6.45) is 4.94. The molecule has 1 aliphatic rings. The smallest absolute Gasteiger partial charge is 0.156 e. The van der Waals surface area contributed by atoms with Gasteiger partial charge in [0.2, 0.25) is 0 Å². The predicted molar refractivity (Wildman–Crippen MR) is 66.7 cm³/mol. The average molecular weight is 306 g/mol. The van der Waals surface area contributed by atoms with E-state index in [2.05, 4.69) is 25.9 Å². The maximum atomic E-state index is 6.08. The Labute approximate surface area is 109 Å². The number of nitrogens with zero attached hydrogens (tertiary/aromatic N) is 2. The van der Waals surface area contributed by atoms with Gasteiger partial charge in [-0.3, -0.25) is 0 Å². The molecule has 0 unspecified atom stereocenters. The lowest BCUT2D eigenvalue weighted by Crippen LogP contribution is -2.05. The van der Waals surface area contributed by atoms with Crippen LogP contribution in [0.3, 0.4) is 0 Å². The fraction of sp³-hybridized carbons (Fsp3) is 0.636. The van der Waals surface area contributed by atoms with Gasteiger partial charge in [0.1, 0.15) is 11.8 Å². The van der Waals surface area contributed by atoms with Gasteiger partial charge in [0, 0.05) is 13.0 Å². The van der Waals surface area contributed by atoms with E-state index in [4.69, 9.17) is 16.3 Å². The molecule has 1 aromatic heterocycles. The predicted octanol–water partition coefficient (Wildman–Crippen LogP) is 3.70. The largest absolute Gasteiger partial charge is 0.377 e. The molecule has 1 saturated carbocycles. The van der Waals surface area contributed by atoms with Gasteiger partial charge in [0.25, 0.3) is 0 Å². The van der Waals surface area contributed by atoms with E-state index in [-0.39, 0.29) is 0 Å². The van der Waals surface area contributed by atoms with E-state index in [1.165, 1.54) is 25.7 Å². The van der Waals surface area contributed by atoms with Crippen LogP contribution in [0, 0.1) is 0 Å². The van der Waals surface area contributed by atoms with Gasteiger partial charge < -0.3 is 4.74 Å². The normalized spacial score (nSPS) is 16.9. The van der Waals surface area contributed by atoms with Gasteiger partial charge in [-0.2, -0.15) is 0 Å². The Morgan fingerprint density at radius 1 is 1.38 bits per heavy atom. The highest BCUT2D eigenvalue weighted by molar-refractivity contribution is 9.10. The maximum absolute atomic E-state index is 6.08. The van der Waals surface area contributed by atoms with Crippen LogP contribution in [0.5, 0.6) is 0 Å². The van der Waals surface area contributed by atoms with Crippen molar-refractivity contribution in [3.8, 4) is 0 Å². The topological polar surface area (TPSA) is 35.0 Å². The van der Waals surface area contributed by atoms with Crippen molar-refractivity contribution < 1.29 is 4.74 Å². The zero-order chi connectivity index (χ0) is 11.5. The van der Waals surface area contributed by atoms with Crippen molar-refractivity contribution in [2.45, 2.75) is 38.2 Å². The Kier molecular flexibility index (Phi) is 4.16. The molecule has 0 N–H and O–H groups in total. The molecule has 5 heteroatoms. The highest BCUT2D eigenvalue weighted by atomic mass is 79.9. The van der Waals surface area contributed by atoms with Gasteiger partial charge in [-0.05, 0) is 28.8 Å². The first-order chi connectivity index (χ1) is 7.72. The molecule has 1 aliphatic carbocycles. The van der Waals surface area contributed by atoms with Crippen LogP contribution >= 0.6 is 27.5 Å². The molecular weight excluding hydrogens is 291 g/mol. The second-order valence-electron chi connectivity index (χ2n) is 4.04. The van der Waals surface area contributed by atoms with E-state index >= 15 is 0 Å². The number of aromatic nitrogens is 2. The fourth-order valence-corrected chi connectivity index (χ4v) is 2.84. The van der Waals surface area contributed by atoms with Crippen molar-refractivity contribution in [1.82, 2.24) is 9.97 Å². The molecule has 0 radical (unpaired) electrons. The lowest BCUT2D eigenvalue weighted by molar-refractivity contribution is 0.177. The Morgan fingerprint density at radius 2 is 2.06 bits per heavy atom. The molecule has 0 atom stereocenters. The average Bonchev–Trinajstić information content (AvgIpc) is 2.76. The second-order valence-corrected chi connectivity index (χ2v) is 5.20. The first-order valence-corrected chi connectivity index (χ1v) is 6.60. The summed E-state index contributed by atoms with van der Waals surface area (Å²) in [5.41, 5.74) is 1.05. The van der Waals surface area contributed by atoms with E-state index < -0.39 is 0 Å². The van der Waals surface area contributed by atoms with Crippen LogP contribution in [0.4, 0.5) is 0 Å². The minimum atomic E-state index is 0.409. The summed E-state index contributed by atoms with van der Waals surface area (Å²) in [7, 11) is 1.63. The Balaban J connectivity index is 2.33. The Bertz CT molecular complexity index is 380. The minimum absolute atomic E-state index is 0.409. The summed E-state index contributed by atoms with van der Waals surface area (Å²) in [5, 5.41) is 0.490. The minimum Gasteiger partial charge on any atom is -0.377 e. The van der Waals surface area contributed by atoms with Crippen LogP contribution in [-0.4, -0.2) is 17.1 Å². The van der Waals surface area contributed by atoms with E-state index in [1.54, 1.807) is 7.11 Å². The molecule has 0 bridgehead atoms. The third kappa shape index (κ3) is 2.55. The second kappa shape index (κ2) is 5.43. The van der Waals surface area contributed by atoms with Crippen LogP contribution in [0.25, 0.3) is 0 Å². The lowest BCUT2D eigenvalue weighted by atomic mass is 10.0. The summed E-state index contributed by atoms with van der Waals surface area (Å²) >= 11 is 9.56. The molecule has 0 saturated heterocycles. The number of halogens is 2. The first kappa shape index (κ1) is 12.3. The molecular formula is C11H14BrClN2O. The van der Waals surface area contributed by atoms with E-state index in [1.807, 2.05) is 0 Å². The zero-order valence-corrected chi connectivity index (χ0v) is 11.5. The van der Waals surface area contributed by atoms with E-state index in [0.717, 1.165) is 10.2 Å². The van der Waals surface area contributed by atoms with E-state index in [0.29, 0.717) is 23.5 Å². The van der Waals surface area contributed by atoms with Crippen LogP contribution in [0.2, 0.25) is 5.15 Å². The van der Waals surface area contributed by atoms with Gasteiger partial charge in [-0.1, -0.05) is 24.4 Å². The SMILES string of the molecule is COCc1nc(Cl)c(Br)c(C2CCCC2)n1. The fourth-order valence-electron chi connectivity index (χ4n) is 2.14. The summed E-state index contributed by atoms with van der Waals surface area (Å²) in [5.74, 6) is 1.18. The summed E-state index contributed by atoms with van der Waals surface area (Å²) in [4.78, 5) is 8.71. The summed E-state index contributed by atoms with van der Waals surface area (Å²) in [6, 6.07) is 0. The number of methoxy groups -OCH3 is 1. The molecule has 3 nitrogen and oxygen atoms in total. The molecule has 88 valence electrons. The quantitative estimate of drug-likeness (QED) is 0.799. The van der Waals surface area contributed by atoms with Crippen molar-refractivity contribution in [2.24, 2.45) is 0 Å². The number of hydrogen-bond acceptors (Lipinski definition) is 3. The summed E-state index contributed by atoms with van der Waals surface area (Å²) in [6.45, 7) is 0.409. The van der Waals surface area contributed by atoms with Gasteiger partial charge in [0.05, 0.1) is 10.2 Å². The van der Waals surface area contributed by atoms with Crippen molar-refractivity contribution in [1.29, 1.82) is 0 Å². The third-order valence-corrected chi connectivity index (χ3v) is 4.18. The van der Waals surface area contributed by atoms with Gasteiger partial charge >= 0.3 is 0 Å². The number of hydrogen-bond donors (Lipinski definition) is 0. The molecule has 16 heavy (non-hydrogen) atoms. The van der Waals surface area contributed by atoms with Crippen molar-refractivity contribution >= 4 is 27.5 Å². The molecule has 0 amide bonds. The molecule has 1 heterocycles. The lowest BCUT2D eigenvalue weighted by Gasteiger charge is -2.12. The Morgan fingerprint density at radius 3 is 2.69 bits per heavy atom. The van der Waals surface area contributed by atoms with Crippen molar-refractivity contribution in [3.63, 3.8) is 0 Å². The Hall–Kier alpha value is -0.190. The van der Waals surface area contributed by atoms with Crippen LogP contribution in [-0.2, 0) is 11.3 Å². The molecule has 0 spiro atoms. The van der Waals surface area contributed by atoms with Crippen LogP contribution in [0.1, 0.15) is 43.1 Å². The van der Waals surface area contributed by atoms with Crippen molar-refractivity contribution in [2.75, 3.05) is 7.11 Å². The summed E-state index contributed by atoms with van der Waals surface area (Å²) < 4.78 is 5.89. The van der Waals surface area contributed by atoms with E-state index in [9.17, 15) is 0 Å². The number of ether oxygens (including phenoxy) is 1. The van der Waals surface area contributed by atoms with Crippen LogP contribution < -0.4 is 0 Å². The molecule has 0 aromatic carbocycles. The highest BCUT2D eigenvalue weighted by Gasteiger charge is 2.23. The van der Waals surface area contributed by atoms with Gasteiger partial charge in [-0.25, -0.2) is 9.97 Å².